The monoisotopic (exact) mass is 297 g/mol. The molecule has 2 aromatic carbocycles. The zero-order valence-corrected chi connectivity index (χ0v) is 12.5. The summed E-state index contributed by atoms with van der Waals surface area (Å²) in [5, 5.41) is 5.12. The summed E-state index contributed by atoms with van der Waals surface area (Å²) >= 11 is 6.20. The summed E-state index contributed by atoms with van der Waals surface area (Å²) in [4.78, 5) is 0. The summed E-state index contributed by atoms with van der Waals surface area (Å²) in [7, 11) is 0. The highest BCUT2D eigenvalue weighted by molar-refractivity contribution is 6.31. The summed E-state index contributed by atoms with van der Waals surface area (Å²) in [6, 6.07) is 17.4. The van der Waals surface area contributed by atoms with E-state index in [0.717, 1.165) is 27.5 Å². The van der Waals surface area contributed by atoms with Gasteiger partial charge in [-0.05, 0) is 42.3 Å². The Bertz CT molecular complexity index is 750. The lowest BCUT2D eigenvalue weighted by Crippen LogP contribution is -2.17. The van der Waals surface area contributed by atoms with E-state index in [0.29, 0.717) is 0 Å². The Morgan fingerprint density at radius 3 is 2.57 bits per heavy atom. The number of hydrogen-bond acceptors (Lipinski definition) is 2. The first-order valence-electron chi connectivity index (χ1n) is 6.78. The van der Waals surface area contributed by atoms with Gasteiger partial charge in [-0.1, -0.05) is 41.9 Å². The molecule has 1 atom stereocenters. The predicted molar refractivity (Wildman–Crippen MR) is 85.8 cm³/mol. The van der Waals surface area contributed by atoms with Gasteiger partial charge in [0.2, 0.25) is 0 Å². The number of halogens is 1. The zero-order valence-electron chi connectivity index (χ0n) is 11.7. The van der Waals surface area contributed by atoms with Crippen molar-refractivity contribution in [2.45, 2.75) is 13.0 Å². The Morgan fingerprint density at radius 1 is 1.05 bits per heavy atom. The fourth-order valence-corrected chi connectivity index (χ4v) is 2.64. The molecule has 0 spiro atoms. The second-order valence-corrected chi connectivity index (χ2v) is 5.34. The Balaban J connectivity index is 2.06. The van der Waals surface area contributed by atoms with E-state index in [1.54, 1.807) is 6.20 Å². The van der Waals surface area contributed by atoms with Gasteiger partial charge in [0.1, 0.15) is 0 Å². The average molecular weight is 298 g/mol. The van der Waals surface area contributed by atoms with Crippen LogP contribution in [-0.2, 0) is 0 Å². The smallest absolute Gasteiger partial charge is 0.0730 e. The Labute approximate surface area is 129 Å². The Kier molecular flexibility index (Phi) is 3.78. The third kappa shape index (κ3) is 2.58. The molecular formula is C17H16ClN3. The molecule has 2 N–H and O–H groups in total. The minimum absolute atomic E-state index is 0.272. The molecule has 106 valence electrons. The van der Waals surface area contributed by atoms with Crippen molar-refractivity contribution >= 4 is 11.6 Å². The summed E-state index contributed by atoms with van der Waals surface area (Å²) in [5.41, 5.74) is 10.4. The van der Waals surface area contributed by atoms with Gasteiger partial charge in [0.05, 0.1) is 17.4 Å². The molecule has 0 bridgehead atoms. The quantitative estimate of drug-likeness (QED) is 0.797. The molecule has 4 heteroatoms. The fourth-order valence-electron chi connectivity index (χ4n) is 2.45. The first-order chi connectivity index (χ1) is 10.2. The van der Waals surface area contributed by atoms with Gasteiger partial charge < -0.3 is 5.73 Å². The molecule has 0 radical (unpaired) electrons. The lowest BCUT2D eigenvalue weighted by atomic mass is 9.99. The highest BCUT2D eigenvalue weighted by Crippen LogP contribution is 2.28. The van der Waals surface area contributed by atoms with Crippen molar-refractivity contribution in [3.63, 3.8) is 0 Å². The highest BCUT2D eigenvalue weighted by Gasteiger charge is 2.17. The van der Waals surface area contributed by atoms with Gasteiger partial charge in [0, 0.05) is 11.2 Å². The lowest BCUT2D eigenvalue weighted by molar-refractivity contribution is 0.736. The van der Waals surface area contributed by atoms with Crippen LogP contribution in [0.4, 0.5) is 0 Å². The van der Waals surface area contributed by atoms with Crippen molar-refractivity contribution in [2.75, 3.05) is 0 Å². The first-order valence-corrected chi connectivity index (χ1v) is 7.16. The second kappa shape index (κ2) is 5.72. The van der Waals surface area contributed by atoms with Crippen LogP contribution in [0.25, 0.3) is 5.69 Å². The first kappa shape index (κ1) is 13.9. The minimum atomic E-state index is -0.272. The van der Waals surface area contributed by atoms with E-state index in [9.17, 15) is 0 Å². The molecule has 21 heavy (non-hydrogen) atoms. The summed E-state index contributed by atoms with van der Waals surface area (Å²) in [6.45, 7) is 1.99. The minimum Gasteiger partial charge on any atom is -0.319 e. The molecule has 0 aliphatic rings. The lowest BCUT2D eigenvalue weighted by Gasteiger charge is -2.17. The van der Waals surface area contributed by atoms with Crippen LogP contribution in [0.1, 0.15) is 22.9 Å². The summed E-state index contributed by atoms with van der Waals surface area (Å²) in [6.07, 6.45) is 1.77. The van der Waals surface area contributed by atoms with E-state index < -0.39 is 0 Å². The van der Waals surface area contributed by atoms with Crippen molar-refractivity contribution in [1.82, 2.24) is 9.78 Å². The maximum Gasteiger partial charge on any atom is 0.0730 e. The molecule has 0 fully saturated rings. The molecule has 3 rings (SSSR count). The Hall–Kier alpha value is -2.10. The zero-order chi connectivity index (χ0) is 14.8. The predicted octanol–water partition coefficient (Wildman–Crippen LogP) is 3.88. The maximum absolute atomic E-state index is 6.45. The van der Waals surface area contributed by atoms with Crippen LogP contribution >= 0.6 is 11.6 Å². The van der Waals surface area contributed by atoms with Crippen LogP contribution in [0.5, 0.6) is 0 Å². The van der Waals surface area contributed by atoms with Gasteiger partial charge >= 0.3 is 0 Å². The molecule has 1 unspecified atom stereocenters. The van der Waals surface area contributed by atoms with Gasteiger partial charge in [0.25, 0.3) is 0 Å². The number of nitrogens with zero attached hydrogens (tertiary/aromatic N) is 2. The molecule has 1 aromatic heterocycles. The van der Waals surface area contributed by atoms with Crippen molar-refractivity contribution in [3.8, 4) is 5.69 Å². The third-order valence-electron chi connectivity index (χ3n) is 3.64. The van der Waals surface area contributed by atoms with Crippen LogP contribution in [0.15, 0.2) is 60.8 Å². The van der Waals surface area contributed by atoms with Gasteiger partial charge in [-0.3, -0.25) is 0 Å². The van der Waals surface area contributed by atoms with Crippen molar-refractivity contribution in [3.05, 3.63) is 82.6 Å². The number of para-hydroxylation sites is 1. The molecular weight excluding hydrogens is 282 g/mol. The average Bonchev–Trinajstić information content (AvgIpc) is 3.00. The van der Waals surface area contributed by atoms with Gasteiger partial charge in [0.15, 0.2) is 0 Å². The molecule has 0 saturated heterocycles. The number of rotatable bonds is 3. The van der Waals surface area contributed by atoms with E-state index >= 15 is 0 Å². The van der Waals surface area contributed by atoms with Gasteiger partial charge in [-0.2, -0.15) is 5.10 Å². The third-order valence-corrected chi connectivity index (χ3v) is 4.05. The van der Waals surface area contributed by atoms with Crippen molar-refractivity contribution < 1.29 is 0 Å². The van der Waals surface area contributed by atoms with Crippen molar-refractivity contribution in [1.29, 1.82) is 0 Å². The number of aromatic nitrogens is 2. The SMILES string of the molecule is Cc1c(Cl)cccc1C(N)c1ccnn1-c1ccccc1. The molecule has 3 aromatic rings. The molecule has 0 saturated carbocycles. The normalized spacial score (nSPS) is 12.3. The van der Waals surface area contributed by atoms with Crippen molar-refractivity contribution in [2.24, 2.45) is 5.73 Å². The molecule has 3 nitrogen and oxygen atoms in total. The van der Waals surface area contributed by atoms with Crippen LogP contribution in [0.2, 0.25) is 5.02 Å². The molecule has 1 heterocycles. The molecule has 0 aliphatic carbocycles. The van der Waals surface area contributed by atoms with E-state index in [2.05, 4.69) is 5.10 Å². The van der Waals surface area contributed by atoms with Crippen LogP contribution in [0.3, 0.4) is 0 Å². The van der Waals surface area contributed by atoms with E-state index in [4.69, 9.17) is 17.3 Å². The van der Waals surface area contributed by atoms with Gasteiger partial charge in [-0.25, -0.2) is 4.68 Å². The van der Waals surface area contributed by atoms with E-state index in [1.807, 2.05) is 66.2 Å². The van der Waals surface area contributed by atoms with Crippen LogP contribution in [0, 0.1) is 6.92 Å². The topological polar surface area (TPSA) is 43.8 Å². The molecule has 0 amide bonds. The second-order valence-electron chi connectivity index (χ2n) is 4.94. The Morgan fingerprint density at radius 2 is 1.81 bits per heavy atom. The summed E-state index contributed by atoms with van der Waals surface area (Å²) in [5.74, 6) is 0. The largest absolute Gasteiger partial charge is 0.319 e. The van der Waals surface area contributed by atoms with Gasteiger partial charge in [-0.15, -0.1) is 0 Å². The number of benzene rings is 2. The highest BCUT2D eigenvalue weighted by atomic mass is 35.5. The van der Waals surface area contributed by atoms with Crippen LogP contribution in [-0.4, -0.2) is 9.78 Å². The maximum atomic E-state index is 6.45. The standard InChI is InChI=1S/C17H16ClN3/c1-12-14(8-5-9-15(12)18)17(19)16-10-11-20-21(16)13-6-3-2-4-7-13/h2-11,17H,19H2,1H3. The fraction of sp³-hybridized carbons (Fsp3) is 0.118. The molecule has 0 aliphatic heterocycles. The van der Waals surface area contributed by atoms with E-state index in [-0.39, 0.29) is 6.04 Å². The van der Waals surface area contributed by atoms with Crippen LogP contribution < -0.4 is 5.73 Å². The van der Waals surface area contributed by atoms with E-state index in [1.165, 1.54) is 0 Å². The summed E-state index contributed by atoms with van der Waals surface area (Å²) < 4.78 is 1.87. The number of nitrogens with two attached hydrogens (primary N) is 1. The number of hydrogen-bond donors (Lipinski definition) is 1.